The lowest BCUT2D eigenvalue weighted by atomic mass is 10.1. The Morgan fingerprint density at radius 3 is 2.18 bits per heavy atom. The fraction of sp³-hybridized carbons (Fsp3) is 0.259. The van der Waals surface area contributed by atoms with Crippen LogP contribution in [-0.4, -0.2) is 47.0 Å². The smallest absolute Gasteiger partial charge is 0.340 e. The van der Waals surface area contributed by atoms with Crippen LogP contribution in [0.25, 0.3) is 21.8 Å². The zero-order valence-electron chi connectivity index (χ0n) is 20.5. The predicted octanol–water partition coefficient (Wildman–Crippen LogP) is 5.46. The summed E-state index contributed by atoms with van der Waals surface area (Å²) in [5, 5.41) is 28.4. The molecule has 194 valence electrons. The highest BCUT2D eigenvalue weighted by Crippen LogP contribution is 2.39. The molecule has 1 fully saturated rings. The number of carbonyl (C=O) groups excluding carboxylic acids is 1. The average Bonchev–Trinajstić information content (AvgIpc) is 3.76. The van der Waals surface area contributed by atoms with Crippen molar-refractivity contribution in [2.75, 3.05) is 36.5 Å². The van der Waals surface area contributed by atoms with Crippen molar-refractivity contribution in [2.45, 2.75) is 19.3 Å². The van der Waals surface area contributed by atoms with Gasteiger partial charge in [-0.1, -0.05) is 36.4 Å². The molecule has 0 radical (unpaired) electrons. The van der Waals surface area contributed by atoms with Gasteiger partial charge in [0.05, 0.1) is 44.8 Å². The molecule has 11 heteroatoms. The first-order chi connectivity index (χ1) is 18.4. The molecule has 1 aliphatic heterocycles. The first kappa shape index (κ1) is 24.9. The minimum atomic E-state index is -0.799. The number of ether oxygens (including phenoxy) is 1. The maximum atomic E-state index is 12.8. The average molecular weight is 516 g/mol. The number of anilines is 2. The molecule has 11 nitrogen and oxygen atoms in total. The van der Waals surface area contributed by atoms with E-state index in [4.69, 9.17) is 9.72 Å². The second-order valence-corrected chi connectivity index (χ2v) is 9.01. The van der Waals surface area contributed by atoms with Crippen LogP contribution in [0.2, 0.25) is 0 Å². The van der Waals surface area contributed by atoms with E-state index in [-0.39, 0.29) is 17.9 Å². The first-order valence-corrected chi connectivity index (χ1v) is 12.3. The zero-order chi connectivity index (χ0) is 26.6. The van der Waals surface area contributed by atoms with E-state index >= 15 is 0 Å². The number of benzene rings is 3. The second-order valence-electron chi connectivity index (χ2n) is 9.01. The molecule has 0 atom stereocenters. The Kier molecular flexibility index (Phi) is 6.98. The van der Waals surface area contributed by atoms with Gasteiger partial charge in [0.2, 0.25) is 0 Å². The topological polar surface area (TPSA) is 141 Å². The predicted molar refractivity (Wildman–Crippen MR) is 144 cm³/mol. The highest BCUT2D eigenvalue weighted by Gasteiger charge is 2.35. The Labute approximate surface area is 217 Å². The van der Waals surface area contributed by atoms with Gasteiger partial charge in [-0.3, -0.25) is 20.2 Å². The van der Waals surface area contributed by atoms with Crippen LogP contribution in [0.15, 0.2) is 60.7 Å². The van der Waals surface area contributed by atoms with Crippen LogP contribution in [-0.2, 0) is 4.74 Å². The molecule has 2 heterocycles. The largest absolute Gasteiger partial charge is 0.462 e. The number of unbranched alkanes of at least 4 members (excludes halogenated alkanes) is 2. The van der Waals surface area contributed by atoms with Crippen LogP contribution in [0, 0.1) is 20.2 Å². The number of non-ortho nitro benzene ring substituents is 1. The number of para-hydroxylation sites is 2. The summed E-state index contributed by atoms with van der Waals surface area (Å²) in [5.74, 6) is -0.799. The number of nitrogens with zero attached hydrogens (tertiary/aromatic N) is 4. The quantitative estimate of drug-likeness (QED) is 0.0688. The van der Waals surface area contributed by atoms with Crippen molar-refractivity contribution in [1.29, 1.82) is 0 Å². The SMILES string of the molecule is O=C(OCCCCCNc1c2ccccc2nc2ccccc12)c1cc([N+](=O)[O-])cc([N+](=O)[O-])c1N1CC1. The van der Waals surface area contributed by atoms with Gasteiger partial charge in [-0.25, -0.2) is 9.78 Å². The molecule has 0 bridgehead atoms. The summed E-state index contributed by atoms with van der Waals surface area (Å²) in [7, 11) is 0. The van der Waals surface area contributed by atoms with Gasteiger partial charge in [0.15, 0.2) is 0 Å². The maximum absolute atomic E-state index is 12.8. The lowest BCUT2D eigenvalue weighted by molar-refractivity contribution is -0.393. The van der Waals surface area contributed by atoms with Crippen molar-refractivity contribution in [3.63, 3.8) is 0 Å². The molecule has 1 aliphatic rings. The van der Waals surface area contributed by atoms with Gasteiger partial charge in [0.25, 0.3) is 11.4 Å². The number of nitro groups is 2. The third kappa shape index (κ3) is 5.17. The first-order valence-electron chi connectivity index (χ1n) is 12.3. The van der Waals surface area contributed by atoms with Gasteiger partial charge in [-0.05, 0) is 31.4 Å². The number of fused-ring (bicyclic) bond motifs is 2. The fourth-order valence-electron chi connectivity index (χ4n) is 4.50. The van der Waals surface area contributed by atoms with Crippen molar-refractivity contribution in [1.82, 2.24) is 4.98 Å². The summed E-state index contributed by atoms with van der Waals surface area (Å²) in [6.07, 6.45) is 2.18. The van der Waals surface area contributed by atoms with Crippen LogP contribution in [0.3, 0.4) is 0 Å². The summed E-state index contributed by atoms with van der Waals surface area (Å²) in [6.45, 7) is 1.89. The maximum Gasteiger partial charge on any atom is 0.340 e. The van der Waals surface area contributed by atoms with E-state index < -0.39 is 27.2 Å². The van der Waals surface area contributed by atoms with Crippen molar-refractivity contribution >= 4 is 50.5 Å². The van der Waals surface area contributed by atoms with E-state index in [0.29, 0.717) is 26.1 Å². The Bertz CT molecular complexity index is 1500. The molecule has 1 aromatic heterocycles. The third-order valence-corrected chi connectivity index (χ3v) is 6.41. The molecular formula is C27H25N5O6. The number of aromatic nitrogens is 1. The molecule has 0 aliphatic carbocycles. The van der Waals surface area contributed by atoms with Gasteiger partial charge < -0.3 is 15.0 Å². The van der Waals surface area contributed by atoms with Crippen molar-refractivity contribution in [3.8, 4) is 0 Å². The summed E-state index contributed by atoms with van der Waals surface area (Å²) >= 11 is 0. The molecule has 0 saturated carbocycles. The molecule has 4 aromatic rings. The molecule has 5 rings (SSSR count). The van der Waals surface area contributed by atoms with Crippen LogP contribution in [0.5, 0.6) is 0 Å². The number of pyridine rings is 1. The van der Waals surface area contributed by atoms with E-state index in [1.54, 1.807) is 4.90 Å². The van der Waals surface area contributed by atoms with E-state index in [1.807, 2.05) is 48.5 Å². The summed E-state index contributed by atoms with van der Waals surface area (Å²) < 4.78 is 5.36. The van der Waals surface area contributed by atoms with E-state index in [0.717, 1.165) is 52.5 Å². The van der Waals surface area contributed by atoms with Gasteiger partial charge in [-0.15, -0.1) is 0 Å². The Morgan fingerprint density at radius 1 is 0.921 bits per heavy atom. The highest BCUT2D eigenvalue weighted by molar-refractivity contribution is 6.07. The van der Waals surface area contributed by atoms with Crippen LogP contribution in [0.4, 0.5) is 22.7 Å². The lowest BCUT2D eigenvalue weighted by Gasteiger charge is -2.13. The van der Waals surface area contributed by atoms with Crippen LogP contribution < -0.4 is 10.2 Å². The van der Waals surface area contributed by atoms with Gasteiger partial charge in [0, 0.05) is 36.5 Å². The molecule has 3 aromatic carbocycles. The minimum absolute atomic E-state index is 0.0756. The molecule has 1 N–H and O–H groups in total. The molecular weight excluding hydrogens is 490 g/mol. The number of carbonyl (C=O) groups is 1. The Morgan fingerprint density at radius 2 is 1.58 bits per heavy atom. The van der Waals surface area contributed by atoms with Crippen LogP contribution >= 0.6 is 0 Å². The van der Waals surface area contributed by atoms with Crippen LogP contribution in [0.1, 0.15) is 29.6 Å². The summed E-state index contributed by atoms with van der Waals surface area (Å²) in [6, 6.07) is 17.9. The lowest BCUT2D eigenvalue weighted by Crippen LogP contribution is -2.12. The number of rotatable bonds is 11. The highest BCUT2D eigenvalue weighted by atomic mass is 16.6. The fourth-order valence-corrected chi connectivity index (χ4v) is 4.50. The zero-order valence-corrected chi connectivity index (χ0v) is 20.5. The number of nitro benzene ring substituents is 2. The van der Waals surface area contributed by atoms with E-state index in [9.17, 15) is 25.0 Å². The summed E-state index contributed by atoms with van der Waals surface area (Å²) in [4.78, 5) is 40.4. The summed E-state index contributed by atoms with van der Waals surface area (Å²) in [5.41, 5.74) is 1.82. The van der Waals surface area contributed by atoms with Gasteiger partial charge in [-0.2, -0.15) is 0 Å². The van der Waals surface area contributed by atoms with Gasteiger partial charge >= 0.3 is 5.97 Å². The van der Waals surface area contributed by atoms with Crippen molar-refractivity contribution < 1.29 is 19.4 Å². The standard InChI is InChI=1S/C27H25N5O6/c33-27(21-16-18(31(34)35)17-24(32(36)37)26(21)30-13-14-30)38-15-7-1-6-12-28-25-19-8-2-4-10-22(19)29-23-11-5-3-9-20(23)25/h2-5,8-11,16-17H,1,6-7,12-15H2,(H,28,29). The van der Waals surface area contributed by atoms with E-state index in [2.05, 4.69) is 5.32 Å². The number of hydrogen-bond acceptors (Lipinski definition) is 9. The number of esters is 1. The van der Waals surface area contributed by atoms with Crippen molar-refractivity contribution in [3.05, 3.63) is 86.5 Å². The molecule has 0 amide bonds. The van der Waals surface area contributed by atoms with E-state index in [1.165, 1.54) is 0 Å². The van der Waals surface area contributed by atoms with Crippen molar-refractivity contribution in [2.24, 2.45) is 0 Å². The second kappa shape index (κ2) is 10.7. The molecule has 38 heavy (non-hydrogen) atoms. The molecule has 0 spiro atoms. The Hall–Kier alpha value is -4.80. The van der Waals surface area contributed by atoms with Gasteiger partial charge in [0.1, 0.15) is 5.69 Å². The monoisotopic (exact) mass is 515 g/mol. The normalized spacial score (nSPS) is 12.5. The number of hydrogen-bond donors (Lipinski definition) is 1. The Balaban J connectivity index is 1.18. The number of nitrogens with one attached hydrogen (secondary N) is 1. The third-order valence-electron chi connectivity index (χ3n) is 6.41. The molecule has 1 saturated heterocycles. The molecule has 0 unspecified atom stereocenters. The minimum Gasteiger partial charge on any atom is -0.462 e.